The van der Waals surface area contributed by atoms with Crippen LogP contribution in [0.3, 0.4) is 0 Å². The summed E-state index contributed by atoms with van der Waals surface area (Å²) in [5, 5.41) is 8.38. The maximum absolute atomic E-state index is 14.8. The summed E-state index contributed by atoms with van der Waals surface area (Å²) in [6.45, 7) is 1.15. The predicted molar refractivity (Wildman–Crippen MR) is 125 cm³/mol. The summed E-state index contributed by atoms with van der Waals surface area (Å²) >= 11 is 0. The number of hydrogen-bond acceptors (Lipinski definition) is 5. The fourth-order valence-corrected chi connectivity index (χ4v) is 6.98. The lowest BCUT2D eigenvalue weighted by molar-refractivity contribution is 0.571. The van der Waals surface area contributed by atoms with E-state index in [0.717, 1.165) is 16.8 Å². The van der Waals surface area contributed by atoms with Gasteiger partial charge < -0.3 is 9.46 Å². The first kappa shape index (κ1) is 20.6. The smallest absolute Gasteiger partial charge is 0.272 e. The van der Waals surface area contributed by atoms with Crippen LogP contribution >= 0.6 is 7.14 Å². The number of hydrogen-bond donors (Lipinski definition) is 1. The molecule has 1 saturated heterocycles. The second kappa shape index (κ2) is 8.32. The fourth-order valence-electron chi connectivity index (χ4n) is 4.28. The molecule has 0 bridgehead atoms. The number of aromatic nitrogens is 3. The third-order valence-corrected chi connectivity index (χ3v) is 9.10. The lowest BCUT2D eigenvalue weighted by atomic mass is 10.0. The maximum Gasteiger partial charge on any atom is 0.272 e. The number of anilines is 1. The summed E-state index contributed by atoms with van der Waals surface area (Å²) in [5.74, 6) is 0.423. The van der Waals surface area contributed by atoms with Crippen LogP contribution in [0, 0.1) is 5.82 Å². The van der Waals surface area contributed by atoms with Crippen LogP contribution in [-0.2, 0) is 11.0 Å². The number of halogens is 1. The van der Waals surface area contributed by atoms with E-state index in [-0.39, 0.29) is 5.56 Å². The molecular weight excluding hydrogens is 426 g/mol. The molecule has 2 aromatic carbocycles. The summed E-state index contributed by atoms with van der Waals surface area (Å²) < 4.78 is 28.5. The van der Waals surface area contributed by atoms with Gasteiger partial charge in [0.1, 0.15) is 18.8 Å². The van der Waals surface area contributed by atoms with Crippen molar-refractivity contribution >= 4 is 29.0 Å². The van der Waals surface area contributed by atoms with E-state index in [4.69, 9.17) is 0 Å². The van der Waals surface area contributed by atoms with E-state index in [1.165, 1.54) is 6.07 Å². The zero-order chi connectivity index (χ0) is 22.1. The average molecular weight is 448 g/mol. The highest BCUT2D eigenvalue weighted by Gasteiger charge is 2.33. The predicted octanol–water partition coefficient (Wildman–Crippen LogP) is 3.56. The molecule has 32 heavy (non-hydrogen) atoms. The minimum absolute atomic E-state index is 0.242. The molecule has 3 heterocycles. The van der Waals surface area contributed by atoms with Gasteiger partial charge in [-0.1, -0.05) is 30.3 Å². The number of rotatable bonds is 4. The van der Waals surface area contributed by atoms with E-state index < -0.39 is 13.0 Å². The van der Waals surface area contributed by atoms with Gasteiger partial charge in [-0.25, -0.2) is 14.5 Å². The normalized spacial score (nSPS) is 15.7. The van der Waals surface area contributed by atoms with Crippen molar-refractivity contribution in [2.24, 2.45) is 0 Å². The molecule has 0 amide bonds. The van der Waals surface area contributed by atoms with Crippen molar-refractivity contribution in [1.82, 2.24) is 15.2 Å². The highest BCUT2D eigenvalue weighted by Crippen LogP contribution is 2.47. The van der Waals surface area contributed by atoms with Gasteiger partial charge in [-0.15, -0.1) is 0 Å². The number of pyridine rings is 1. The number of aromatic amines is 1. The van der Waals surface area contributed by atoms with Crippen molar-refractivity contribution in [3.63, 3.8) is 0 Å². The molecule has 0 aliphatic carbocycles. The molecule has 0 atom stereocenters. The van der Waals surface area contributed by atoms with E-state index in [9.17, 15) is 13.8 Å². The van der Waals surface area contributed by atoms with Crippen molar-refractivity contribution in [3.05, 3.63) is 94.3 Å². The van der Waals surface area contributed by atoms with Crippen molar-refractivity contribution in [3.8, 4) is 0 Å². The van der Waals surface area contributed by atoms with E-state index in [1.54, 1.807) is 30.5 Å². The molecule has 8 heteroatoms. The van der Waals surface area contributed by atoms with Crippen LogP contribution < -0.4 is 15.8 Å². The molecular formula is C24H22FN4O2P. The second-order valence-corrected chi connectivity index (χ2v) is 11.2. The first-order valence-corrected chi connectivity index (χ1v) is 12.6. The Morgan fingerprint density at radius 3 is 2.50 bits per heavy atom. The number of nitrogens with one attached hydrogen (secondary N) is 1. The van der Waals surface area contributed by atoms with Crippen LogP contribution in [-0.4, -0.2) is 40.6 Å². The van der Waals surface area contributed by atoms with Crippen LogP contribution in [0.4, 0.5) is 10.2 Å². The van der Waals surface area contributed by atoms with Crippen molar-refractivity contribution in [1.29, 1.82) is 0 Å². The minimum atomic E-state index is -2.87. The fraction of sp³-hybridized carbons (Fsp3) is 0.208. The second-order valence-electron chi connectivity index (χ2n) is 8.02. The van der Waals surface area contributed by atoms with Gasteiger partial charge in [-0.2, -0.15) is 5.10 Å². The Morgan fingerprint density at radius 1 is 1.00 bits per heavy atom. The molecule has 1 fully saturated rings. The van der Waals surface area contributed by atoms with E-state index >= 15 is 0 Å². The van der Waals surface area contributed by atoms with Gasteiger partial charge in [0, 0.05) is 48.7 Å². The highest BCUT2D eigenvalue weighted by atomic mass is 31.2. The Balaban J connectivity index is 1.42. The lowest BCUT2D eigenvalue weighted by Gasteiger charge is -2.33. The lowest BCUT2D eigenvalue weighted by Crippen LogP contribution is -2.38. The van der Waals surface area contributed by atoms with E-state index in [0.29, 0.717) is 48.2 Å². The molecule has 0 saturated carbocycles. The van der Waals surface area contributed by atoms with Gasteiger partial charge in [0.25, 0.3) is 5.56 Å². The third-order valence-electron chi connectivity index (χ3n) is 6.03. The number of benzene rings is 2. The van der Waals surface area contributed by atoms with Crippen LogP contribution in [0.25, 0.3) is 10.8 Å². The molecule has 6 nitrogen and oxygen atoms in total. The molecule has 5 rings (SSSR count). The molecule has 2 aromatic heterocycles. The zero-order valence-corrected chi connectivity index (χ0v) is 18.3. The highest BCUT2D eigenvalue weighted by molar-refractivity contribution is 7.71. The zero-order valence-electron chi connectivity index (χ0n) is 17.4. The molecule has 162 valence electrons. The van der Waals surface area contributed by atoms with Gasteiger partial charge in [0.2, 0.25) is 0 Å². The summed E-state index contributed by atoms with van der Waals surface area (Å²) in [4.78, 5) is 18.5. The molecule has 0 spiro atoms. The summed E-state index contributed by atoms with van der Waals surface area (Å²) in [7, 11) is -2.87. The quantitative estimate of drug-likeness (QED) is 0.483. The average Bonchev–Trinajstić information content (AvgIpc) is 2.83. The van der Waals surface area contributed by atoms with Gasteiger partial charge >= 0.3 is 0 Å². The summed E-state index contributed by atoms with van der Waals surface area (Å²) in [6.07, 6.45) is 2.96. The number of nitrogens with zero attached hydrogens (tertiary/aromatic N) is 3. The topological polar surface area (TPSA) is 79.0 Å². The summed E-state index contributed by atoms with van der Waals surface area (Å²) in [5.41, 5.74) is 1.27. The maximum atomic E-state index is 14.8. The molecule has 0 radical (unpaired) electrons. The Labute approximate surface area is 184 Å². The third kappa shape index (κ3) is 3.84. The van der Waals surface area contributed by atoms with Gasteiger partial charge in [0.15, 0.2) is 0 Å². The van der Waals surface area contributed by atoms with Crippen molar-refractivity contribution in [2.45, 2.75) is 6.42 Å². The SMILES string of the molecule is O=c1[nH]nc(Cc2ccc(F)c(P3(=O)CCN(c4ccccn4)CC3)c2)c2ccccc12. The van der Waals surface area contributed by atoms with Crippen LogP contribution in [0.2, 0.25) is 0 Å². The van der Waals surface area contributed by atoms with Crippen LogP contribution in [0.5, 0.6) is 0 Å². The van der Waals surface area contributed by atoms with Gasteiger partial charge in [0.05, 0.1) is 11.1 Å². The van der Waals surface area contributed by atoms with Crippen LogP contribution in [0.15, 0.2) is 71.7 Å². The molecule has 1 N–H and O–H groups in total. The van der Waals surface area contributed by atoms with Crippen molar-refractivity contribution in [2.75, 3.05) is 30.3 Å². The Kier molecular flexibility index (Phi) is 5.35. The minimum Gasteiger partial charge on any atom is -0.356 e. The number of fused-ring (bicyclic) bond motifs is 1. The first-order chi connectivity index (χ1) is 15.5. The monoisotopic (exact) mass is 448 g/mol. The largest absolute Gasteiger partial charge is 0.356 e. The molecule has 1 aliphatic heterocycles. The first-order valence-electron chi connectivity index (χ1n) is 10.5. The standard InChI is InChI=1S/C24H22FN4O2P/c25-20-9-8-17(15-21-18-5-1-2-6-19(18)24(30)28-27-21)16-22(20)32(31)13-11-29(12-14-32)23-7-3-4-10-26-23/h1-10,16H,11-15H2,(H,28,30). The van der Waals surface area contributed by atoms with Gasteiger partial charge in [-0.3, -0.25) is 4.79 Å². The summed E-state index contributed by atoms with van der Waals surface area (Å²) in [6, 6.07) is 17.8. The Morgan fingerprint density at radius 2 is 1.75 bits per heavy atom. The molecule has 4 aromatic rings. The van der Waals surface area contributed by atoms with Gasteiger partial charge in [-0.05, 0) is 35.9 Å². The number of H-pyrrole nitrogens is 1. The van der Waals surface area contributed by atoms with E-state index in [2.05, 4.69) is 20.1 Å². The van der Waals surface area contributed by atoms with Crippen molar-refractivity contribution < 1.29 is 8.96 Å². The van der Waals surface area contributed by atoms with Crippen LogP contribution in [0.1, 0.15) is 11.3 Å². The molecule has 1 aliphatic rings. The Hall–Kier alpha value is -3.31. The van der Waals surface area contributed by atoms with E-state index in [1.807, 2.05) is 30.3 Å². The molecule has 0 unspecified atom stereocenters. The Bertz CT molecular complexity index is 1380.